The Bertz CT molecular complexity index is 472. The first-order valence-corrected chi connectivity index (χ1v) is 6.61. The normalized spacial score (nSPS) is 13.2. The van der Waals surface area contributed by atoms with E-state index >= 15 is 0 Å². The van der Waals surface area contributed by atoms with Gasteiger partial charge < -0.3 is 9.64 Å². The maximum absolute atomic E-state index is 9.40. The van der Waals surface area contributed by atoms with Crippen molar-refractivity contribution in [3.63, 3.8) is 0 Å². The molecule has 0 radical (unpaired) electrons. The van der Waals surface area contributed by atoms with Gasteiger partial charge in [-0.2, -0.15) is 5.26 Å². The summed E-state index contributed by atoms with van der Waals surface area (Å²) in [5.41, 5.74) is 1.90. The van der Waals surface area contributed by atoms with Gasteiger partial charge in [-0.1, -0.05) is 19.1 Å². The van der Waals surface area contributed by atoms with E-state index in [0.29, 0.717) is 0 Å². The molecule has 0 aliphatic heterocycles. The van der Waals surface area contributed by atoms with Gasteiger partial charge in [-0.05, 0) is 51.6 Å². The fraction of sp³-hybridized carbons (Fsp3) is 0.562. The third-order valence-electron chi connectivity index (χ3n) is 3.49. The molecule has 0 aliphatic carbocycles. The molecule has 1 aromatic rings. The van der Waals surface area contributed by atoms with Gasteiger partial charge in [-0.25, -0.2) is 0 Å². The minimum Gasteiger partial charge on any atom is -0.496 e. The second-order valence-corrected chi connectivity index (χ2v) is 5.62. The molecule has 1 aromatic carbocycles. The molecule has 0 amide bonds. The van der Waals surface area contributed by atoms with E-state index in [0.717, 1.165) is 17.7 Å². The number of ether oxygens (including phenoxy) is 1. The Labute approximate surface area is 116 Å². The highest BCUT2D eigenvalue weighted by Gasteiger charge is 2.32. The van der Waals surface area contributed by atoms with Crippen LogP contribution < -0.4 is 4.74 Å². The van der Waals surface area contributed by atoms with Crippen molar-refractivity contribution < 1.29 is 4.74 Å². The number of aryl methyl sites for hydroxylation is 1. The predicted molar refractivity (Wildman–Crippen MR) is 78.2 cm³/mol. The first-order valence-electron chi connectivity index (χ1n) is 6.61. The van der Waals surface area contributed by atoms with E-state index in [9.17, 15) is 5.26 Å². The highest BCUT2D eigenvalue weighted by molar-refractivity contribution is 5.39. The predicted octanol–water partition coefficient (Wildman–Crippen LogP) is 3.41. The van der Waals surface area contributed by atoms with E-state index in [1.807, 2.05) is 34.0 Å². The SMILES string of the molecule is CCc1cc(C(N(C)C)C(C)(C)C#N)ccc1OC. The van der Waals surface area contributed by atoms with Crippen molar-refractivity contribution in [1.29, 1.82) is 5.26 Å². The molecule has 104 valence electrons. The van der Waals surface area contributed by atoms with Gasteiger partial charge in [-0.3, -0.25) is 0 Å². The molecule has 0 spiro atoms. The average Bonchev–Trinajstić information content (AvgIpc) is 2.37. The van der Waals surface area contributed by atoms with Gasteiger partial charge in [0, 0.05) is 0 Å². The lowest BCUT2D eigenvalue weighted by Gasteiger charge is -2.34. The zero-order chi connectivity index (χ0) is 14.6. The molecular weight excluding hydrogens is 236 g/mol. The molecule has 0 saturated heterocycles. The van der Waals surface area contributed by atoms with Gasteiger partial charge in [0.05, 0.1) is 24.6 Å². The number of nitriles is 1. The number of hydrogen-bond donors (Lipinski definition) is 0. The Morgan fingerprint density at radius 2 is 2.00 bits per heavy atom. The number of hydrogen-bond acceptors (Lipinski definition) is 3. The van der Waals surface area contributed by atoms with Crippen molar-refractivity contribution in [3.05, 3.63) is 29.3 Å². The number of rotatable bonds is 5. The van der Waals surface area contributed by atoms with Crippen molar-refractivity contribution in [2.45, 2.75) is 33.2 Å². The van der Waals surface area contributed by atoms with Gasteiger partial charge in [0.15, 0.2) is 0 Å². The summed E-state index contributed by atoms with van der Waals surface area (Å²) in [6.45, 7) is 6.07. The maximum atomic E-state index is 9.40. The van der Waals surface area contributed by atoms with E-state index < -0.39 is 5.41 Å². The molecule has 1 rings (SSSR count). The molecular formula is C16H24N2O. The van der Waals surface area contributed by atoms with Crippen LogP contribution >= 0.6 is 0 Å². The Kier molecular flexibility index (Phi) is 4.97. The minimum absolute atomic E-state index is 0.0636. The standard InChI is InChI=1S/C16H24N2O/c1-7-12-10-13(8-9-14(12)19-6)15(18(4)5)16(2,3)11-17/h8-10,15H,7H2,1-6H3. The number of benzene rings is 1. The van der Waals surface area contributed by atoms with Gasteiger partial charge in [-0.15, -0.1) is 0 Å². The maximum Gasteiger partial charge on any atom is 0.122 e. The van der Waals surface area contributed by atoms with E-state index in [2.05, 4.69) is 30.0 Å². The largest absolute Gasteiger partial charge is 0.496 e. The summed E-state index contributed by atoms with van der Waals surface area (Å²) in [6, 6.07) is 8.69. The molecule has 3 heteroatoms. The average molecular weight is 260 g/mol. The lowest BCUT2D eigenvalue weighted by molar-refractivity contribution is 0.185. The van der Waals surface area contributed by atoms with Crippen LogP contribution in [0.5, 0.6) is 5.75 Å². The fourth-order valence-corrected chi connectivity index (χ4v) is 2.67. The van der Waals surface area contributed by atoms with Crippen LogP contribution in [-0.4, -0.2) is 26.1 Å². The van der Waals surface area contributed by atoms with E-state index in [4.69, 9.17) is 4.74 Å². The Morgan fingerprint density at radius 1 is 1.37 bits per heavy atom. The molecule has 0 N–H and O–H groups in total. The summed E-state index contributed by atoms with van der Waals surface area (Å²) in [4.78, 5) is 2.10. The zero-order valence-electron chi connectivity index (χ0n) is 12.8. The first kappa shape index (κ1) is 15.5. The Balaban J connectivity index is 3.30. The highest BCUT2D eigenvalue weighted by Crippen LogP contribution is 2.38. The van der Waals surface area contributed by atoms with Crippen LogP contribution in [0, 0.1) is 16.7 Å². The monoisotopic (exact) mass is 260 g/mol. The molecule has 19 heavy (non-hydrogen) atoms. The quantitative estimate of drug-likeness (QED) is 0.814. The third kappa shape index (κ3) is 3.27. The van der Waals surface area contributed by atoms with Crippen molar-refractivity contribution in [2.75, 3.05) is 21.2 Å². The van der Waals surface area contributed by atoms with Crippen LogP contribution in [0.1, 0.15) is 37.9 Å². The van der Waals surface area contributed by atoms with Crippen LogP contribution in [0.25, 0.3) is 0 Å². The number of nitrogens with zero attached hydrogens (tertiary/aromatic N) is 2. The zero-order valence-corrected chi connectivity index (χ0v) is 12.8. The van der Waals surface area contributed by atoms with E-state index in [-0.39, 0.29) is 6.04 Å². The topological polar surface area (TPSA) is 36.3 Å². The van der Waals surface area contributed by atoms with Crippen LogP contribution in [0.3, 0.4) is 0 Å². The lowest BCUT2D eigenvalue weighted by atomic mass is 9.80. The molecule has 1 atom stereocenters. The van der Waals surface area contributed by atoms with Gasteiger partial charge in [0.1, 0.15) is 5.75 Å². The minimum atomic E-state index is -0.441. The third-order valence-corrected chi connectivity index (χ3v) is 3.49. The van der Waals surface area contributed by atoms with Crippen LogP contribution in [-0.2, 0) is 6.42 Å². The van der Waals surface area contributed by atoms with Crippen molar-refractivity contribution in [3.8, 4) is 11.8 Å². The molecule has 0 aliphatic rings. The fourth-order valence-electron chi connectivity index (χ4n) is 2.67. The first-order chi connectivity index (χ1) is 8.87. The Hall–Kier alpha value is -1.53. The second-order valence-electron chi connectivity index (χ2n) is 5.62. The molecule has 3 nitrogen and oxygen atoms in total. The van der Waals surface area contributed by atoms with Crippen LogP contribution in [0.15, 0.2) is 18.2 Å². The van der Waals surface area contributed by atoms with E-state index in [1.54, 1.807) is 7.11 Å². The van der Waals surface area contributed by atoms with Gasteiger partial charge in [0.2, 0.25) is 0 Å². The summed E-state index contributed by atoms with van der Waals surface area (Å²) in [5, 5.41) is 9.40. The summed E-state index contributed by atoms with van der Waals surface area (Å²) < 4.78 is 5.36. The van der Waals surface area contributed by atoms with Crippen molar-refractivity contribution >= 4 is 0 Å². The summed E-state index contributed by atoms with van der Waals surface area (Å²) in [6.07, 6.45) is 0.921. The lowest BCUT2D eigenvalue weighted by Crippen LogP contribution is -2.32. The highest BCUT2D eigenvalue weighted by atomic mass is 16.5. The molecule has 0 bridgehead atoms. The molecule has 0 aromatic heterocycles. The molecule has 0 saturated carbocycles. The van der Waals surface area contributed by atoms with Crippen molar-refractivity contribution in [2.24, 2.45) is 5.41 Å². The second kappa shape index (κ2) is 6.08. The number of methoxy groups -OCH3 is 1. The van der Waals surface area contributed by atoms with Gasteiger partial charge in [0.25, 0.3) is 0 Å². The van der Waals surface area contributed by atoms with Crippen LogP contribution in [0.4, 0.5) is 0 Å². The van der Waals surface area contributed by atoms with Gasteiger partial charge >= 0.3 is 0 Å². The molecule has 0 fully saturated rings. The molecule has 1 unspecified atom stereocenters. The Morgan fingerprint density at radius 3 is 2.42 bits per heavy atom. The summed E-state index contributed by atoms with van der Waals surface area (Å²) in [7, 11) is 5.72. The molecule has 0 heterocycles. The summed E-state index contributed by atoms with van der Waals surface area (Å²) >= 11 is 0. The van der Waals surface area contributed by atoms with Crippen LogP contribution in [0.2, 0.25) is 0 Å². The van der Waals surface area contributed by atoms with E-state index in [1.165, 1.54) is 5.56 Å². The summed E-state index contributed by atoms with van der Waals surface area (Å²) in [5.74, 6) is 0.915. The van der Waals surface area contributed by atoms with Crippen molar-refractivity contribution in [1.82, 2.24) is 4.90 Å². The smallest absolute Gasteiger partial charge is 0.122 e.